The van der Waals surface area contributed by atoms with Crippen LogP contribution in [0.5, 0.6) is 0 Å². The zero-order valence-electron chi connectivity index (χ0n) is 13.4. The topological polar surface area (TPSA) is 26.8 Å². The molecule has 2 heterocycles. The van der Waals surface area contributed by atoms with Gasteiger partial charge in [0, 0.05) is 49.7 Å². The fourth-order valence-electron chi connectivity index (χ4n) is 3.64. The van der Waals surface area contributed by atoms with Crippen LogP contribution in [0, 0.1) is 5.41 Å². The molecule has 2 aliphatic rings. The van der Waals surface area contributed by atoms with Crippen molar-refractivity contribution in [3.05, 3.63) is 0 Å². The van der Waals surface area contributed by atoms with Crippen LogP contribution in [-0.2, 0) is 4.79 Å². The van der Waals surface area contributed by atoms with Gasteiger partial charge in [-0.15, -0.1) is 0 Å². The molecule has 1 atom stereocenters. The molecule has 1 unspecified atom stereocenters. The lowest BCUT2D eigenvalue weighted by Crippen LogP contribution is -2.70. The summed E-state index contributed by atoms with van der Waals surface area (Å²) in [5, 5.41) is 0. The van der Waals surface area contributed by atoms with Gasteiger partial charge >= 0.3 is 0 Å². The van der Waals surface area contributed by atoms with E-state index >= 15 is 0 Å². The quantitative estimate of drug-likeness (QED) is 0.661. The van der Waals surface area contributed by atoms with Crippen LogP contribution in [0.1, 0.15) is 34.6 Å². The van der Waals surface area contributed by atoms with Crippen molar-refractivity contribution in [2.24, 2.45) is 5.41 Å². The number of piperazine rings is 2. The summed E-state index contributed by atoms with van der Waals surface area (Å²) >= 11 is 0. The maximum Gasteiger partial charge on any atom is 0.228 e. The number of hydrogen-bond donors (Lipinski definition) is 0. The third-order valence-corrected chi connectivity index (χ3v) is 4.37. The second kappa shape index (κ2) is 4.74. The zero-order valence-corrected chi connectivity index (χ0v) is 13.4. The summed E-state index contributed by atoms with van der Waals surface area (Å²) in [7, 11) is 2.18. The van der Waals surface area contributed by atoms with Crippen LogP contribution < -0.4 is 0 Å². The van der Waals surface area contributed by atoms with Gasteiger partial charge in [0.05, 0.1) is 0 Å². The number of rotatable bonds is 0. The van der Waals surface area contributed by atoms with Crippen molar-refractivity contribution in [3.63, 3.8) is 0 Å². The highest BCUT2D eigenvalue weighted by molar-refractivity contribution is 5.81. The van der Waals surface area contributed by atoms with Crippen molar-refractivity contribution in [2.75, 3.05) is 39.8 Å². The van der Waals surface area contributed by atoms with E-state index in [2.05, 4.69) is 35.6 Å². The van der Waals surface area contributed by atoms with Crippen LogP contribution in [0.2, 0.25) is 0 Å². The molecule has 1 amide bonds. The molecular weight excluding hydrogens is 238 g/mol. The molecule has 0 spiro atoms. The van der Waals surface area contributed by atoms with Gasteiger partial charge in [-0.2, -0.15) is 0 Å². The number of amides is 1. The Morgan fingerprint density at radius 1 is 1.16 bits per heavy atom. The second-order valence-electron chi connectivity index (χ2n) is 7.86. The lowest BCUT2D eigenvalue weighted by Gasteiger charge is -2.55. The number of carbonyl (C=O) groups excluding carboxylic acids is 1. The van der Waals surface area contributed by atoms with Gasteiger partial charge in [-0.25, -0.2) is 0 Å². The average Bonchev–Trinajstić information content (AvgIpc) is 2.24. The van der Waals surface area contributed by atoms with E-state index in [0.717, 1.165) is 32.7 Å². The van der Waals surface area contributed by atoms with Crippen molar-refractivity contribution in [1.82, 2.24) is 14.7 Å². The molecule has 0 aromatic heterocycles. The molecule has 2 fully saturated rings. The normalized spacial score (nSPS) is 29.2. The fourth-order valence-corrected chi connectivity index (χ4v) is 3.64. The molecule has 2 saturated heterocycles. The molecule has 0 aromatic rings. The van der Waals surface area contributed by atoms with E-state index in [9.17, 15) is 4.79 Å². The van der Waals surface area contributed by atoms with Gasteiger partial charge in [0.2, 0.25) is 5.91 Å². The summed E-state index contributed by atoms with van der Waals surface area (Å²) in [6, 6.07) is 0.480. The van der Waals surface area contributed by atoms with Crippen molar-refractivity contribution in [3.8, 4) is 0 Å². The molecule has 0 aliphatic carbocycles. The first-order valence-corrected chi connectivity index (χ1v) is 7.36. The molecular formula is C15H29N3O. The molecule has 110 valence electrons. The van der Waals surface area contributed by atoms with E-state index in [1.54, 1.807) is 0 Å². The van der Waals surface area contributed by atoms with Crippen molar-refractivity contribution in [2.45, 2.75) is 46.2 Å². The predicted molar refractivity (Wildman–Crippen MR) is 78.1 cm³/mol. The summed E-state index contributed by atoms with van der Waals surface area (Å²) < 4.78 is 0. The summed E-state index contributed by atoms with van der Waals surface area (Å²) in [6.07, 6.45) is 0. The Labute approximate surface area is 117 Å². The highest BCUT2D eigenvalue weighted by atomic mass is 16.2. The van der Waals surface area contributed by atoms with Crippen molar-refractivity contribution >= 4 is 5.91 Å². The van der Waals surface area contributed by atoms with Gasteiger partial charge in [0.1, 0.15) is 0 Å². The Kier molecular flexibility index (Phi) is 3.69. The molecule has 0 radical (unpaired) electrons. The lowest BCUT2D eigenvalue weighted by molar-refractivity contribution is -0.146. The maximum atomic E-state index is 12.4. The zero-order chi connectivity index (χ0) is 14.4. The first-order chi connectivity index (χ1) is 8.61. The standard InChI is InChI=1S/C15H29N3O/c1-14(2,3)13(19)17-7-8-18-12(10-17)9-16(6)11-15(18,4)5/h12H,7-11H2,1-6H3. The number of nitrogens with zero attached hydrogens (tertiary/aromatic N) is 3. The minimum Gasteiger partial charge on any atom is -0.339 e. The fraction of sp³-hybridized carbons (Fsp3) is 0.933. The van der Waals surface area contributed by atoms with Crippen LogP contribution in [0.4, 0.5) is 0 Å². The van der Waals surface area contributed by atoms with Crippen molar-refractivity contribution < 1.29 is 4.79 Å². The van der Waals surface area contributed by atoms with Gasteiger partial charge < -0.3 is 9.80 Å². The Morgan fingerprint density at radius 3 is 2.37 bits per heavy atom. The highest BCUT2D eigenvalue weighted by Crippen LogP contribution is 2.29. The Balaban J connectivity index is 2.09. The molecule has 2 rings (SSSR count). The van der Waals surface area contributed by atoms with E-state index in [-0.39, 0.29) is 16.9 Å². The molecule has 0 saturated carbocycles. The number of fused-ring (bicyclic) bond motifs is 1. The number of hydrogen-bond acceptors (Lipinski definition) is 3. The summed E-state index contributed by atoms with van der Waals surface area (Å²) in [6.45, 7) is 15.6. The molecule has 4 heteroatoms. The molecule has 0 aromatic carbocycles. The largest absolute Gasteiger partial charge is 0.339 e. The second-order valence-corrected chi connectivity index (χ2v) is 7.86. The van der Waals surface area contributed by atoms with Crippen LogP contribution in [0.3, 0.4) is 0 Å². The van der Waals surface area contributed by atoms with Crippen LogP contribution >= 0.6 is 0 Å². The van der Waals surface area contributed by atoms with E-state index < -0.39 is 0 Å². The summed E-state index contributed by atoms with van der Waals surface area (Å²) in [5.41, 5.74) is -0.0488. The van der Waals surface area contributed by atoms with Crippen LogP contribution in [-0.4, -0.2) is 72.0 Å². The smallest absolute Gasteiger partial charge is 0.228 e. The minimum atomic E-state index is -0.266. The van der Waals surface area contributed by atoms with Crippen LogP contribution in [0.25, 0.3) is 0 Å². The van der Waals surface area contributed by atoms with Gasteiger partial charge in [-0.05, 0) is 20.9 Å². The molecule has 19 heavy (non-hydrogen) atoms. The maximum absolute atomic E-state index is 12.4. The Hall–Kier alpha value is -0.610. The first-order valence-electron chi connectivity index (χ1n) is 7.36. The molecule has 0 N–H and O–H groups in total. The predicted octanol–water partition coefficient (Wildman–Crippen LogP) is 1.27. The molecule has 2 aliphatic heterocycles. The van der Waals surface area contributed by atoms with E-state index in [1.807, 2.05) is 20.8 Å². The number of carbonyl (C=O) groups is 1. The third-order valence-electron chi connectivity index (χ3n) is 4.37. The Morgan fingerprint density at radius 2 is 1.79 bits per heavy atom. The minimum absolute atomic E-state index is 0.217. The number of likely N-dealkylation sites (N-methyl/N-ethyl adjacent to an activating group) is 1. The first kappa shape index (κ1) is 14.8. The van der Waals surface area contributed by atoms with E-state index in [1.165, 1.54) is 0 Å². The van der Waals surface area contributed by atoms with Gasteiger partial charge in [-0.3, -0.25) is 9.69 Å². The van der Waals surface area contributed by atoms with E-state index in [0.29, 0.717) is 6.04 Å². The molecule has 4 nitrogen and oxygen atoms in total. The third kappa shape index (κ3) is 2.95. The van der Waals surface area contributed by atoms with Gasteiger partial charge in [0.25, 0.3) is 0 Å². The summed E-state index contributed by atoms with van der Waals surface area (Å²) in [4.78, 5) is 19.5. The SMILES string of the molecule is CN1CC2CN(C(=O)C(C)(C)C)CCN2C(C)(C)C1. The summed E-state index contributed by atoms with van der Waals surface area (Å²) in [5.74, 6) is 0.290. The van der Waals surface area contributed by atoms with Crippen molar-refractivity contribution in [1.29, 1.82) is 0 Å². The van der Waals surface area contributed by atoms with Gasteiger partial charge in [-0.1, -0.05) is 20.8 Å². The average molecular weight is 267 g/mol. The monoisotopic (exact) mass is 267 g/mol. The van der Waals surface area contributed by atoms with E-state index in [4.69, 9.17) is 0 Å². The van der Waals surface area contributed by atoms with Crippen LogP contribution in [0.15, 0.2) is 0 Å². The van der Waals surface area contributed by atoms with Gasteiger partial charge in [0.15, 0.2) is 0 Å². The lowest BCUT2D eigenvalue weighted by atomic mass is 9.90. The Bertz CT molecular complexity index is 359. The molecule has 0 bridgehead atoms. The highest BCUT2D eigenvalue weighted by Gasteiger charge is 2.43.